The smallest absolute Gasteiger partial charge is 0.328 e. The molecule has 3 atom stereocenters. The molecule has 0 radical (unpaired) electrons. The molecule has 1 heterocycles. The third-order valence-corrected chi connectivity index (χ3v) is 4.02. The number of hydrogen-bond donors (Lipinski definition) is 1. The molecule has 6 heteroatoms. The van der Waals surface area contributed by atoms with E-state index in [2.05, 4.69) is 0 Å². The minimum Gasteiger partial charge on any atom is -0.467 e. The second kappa shape index (κ2) is 6.38. The highest BCUT2D eigenvalue weighted by atomic mass is 35.5. The van der Waals surface area contributed by atoms with Crippen LogP contribution in [0.25, 0.3) is 0 Å². The van der Waals surface area contributed by atoms with Crippen molar-refractivity contribution in [2.24, 2.45) is 11.7 Å². The molecule has 0 unspecified atom stereocenters. The van der Waals surface area contributed by atoms with Crippen molar-refractivity contribution in [3.05, 3.63) is 0 Å². The first-order chi connectivity index (χ1) is 8.19. The summed E-state index contributed by atoms with van der Waals surface area (Å²) in [5, 5.41) is 0. The lowest BCUT2D eigenvalue weighted by Gasteiger charge is -2.32. The summed E-state index contributed by atoms with van der Waals surface area (Å²) >= 11 is 0. The van der Waals surface area contributed by atoms with Crippen molar-refractivity contribution in [2.45, 2.75) is 44.2 Å². The number of nitrogens with two attached hydrogens (primary N) is 1. The molecule has 0 bridgehead atoms. The van der Waals surface area contributed by atoms with Crippen molar-refractivity contribution in [2.75, 3.05) is 13.7 Å². The highest BCUT2D eigenvalue weighted by molar-refractivity contribution is 5.86. The van der Waals surface area contributed by atoms with Crippen LogP contribution in [0.1, 0.15) is 32.1 Å². The number of fused-ring (bicyclic) bond motifs is 1. The summed E-state index contributed by atoms with van der Waals surface area (Å²) < 4.78 is 4.79. The number of hydrogen-bond acceptors (Lipinski definition) is 4. The molecule has 1 saturated heterocycles. The molecular weight excluding hydrogens is 256 g/mol. The second-order valence-electron chi connectivity index (χ2n) is 4.89. The minimum absolute atomic E-state index is 0. The number of amides is 1. The molecule has 2 N–H and O–H groups in total. The number of halogens is 1. The zero-order valence-corrected chi connectivity index (χ0v) is 11.4. The summed E-state index contributed by atoms with van der Waals surface area (Å²) in [6.07, 6.45) is 5.16. The predicted molar refractivity (Wildman–Crippen MR) is 69.3 cm³/mol. The fourth-order valence-corrected chi connectivity index (χ4v) is 3.27. The van der Waals surface area contributed by atoms with Gasteiger partial charge in [-0.1, -0.05) is 12.8 Å². The number of methoxy groups -OCH3 is 1. The first-order valence-corrected chi connectivity index (χ1v) is 6.28. The van der Waals surface area contributed by atoms with Crippen LogP contribution in [0.2, 0.25) is 0 Å². The Morgan fingerprint density at radius 2 is 2.00 bits per heavy atom. The molecule has 0 aromatic heterocycles. The molecule has 1 aliphatic carbocycles. The van der Waals surface area contributed by atoms with Crippen molar-refractivity contribution >= 4 is 24.3 Å². The standard InChI is InChI=1S/C12H20N2O3.ClH/c1-17-12(16)10-6-8-4-2-3-5-9(8)14(10)11(15)7-13;/h8-10H,2-7,13H2,1H3;1H/t8-,9-,10-;/m0./s1. The van der Waals surface area contributed by atoms with Crippen molar-refractivity contribution in [3.8, 4) is 0 Å². The summed E-state index contributed by atoms with van der Waals surface area (Å²) in [4.78, 5) is 25.3. The molecule has 0 aromatic carbocycles. The Morgan fingerprint density at radius 3 is 2.61 bits per heavy atom. The number of likely N-dealkylation sites (tertiary alicyclic amines) is 1. The predicted octanol–water partition coefficient (Wildman–Crippen LogP) is 0.700. The van der Waals surface area contributed by atoms with E-state index in [1.807, 2.05) is 0 Å². The van der Waals surface area contributed by atoms with Crippen molar-refractivity contribution < 1.29 is 14.3 Å². The Balaban J connectivity index is 0.00000162. The van der Waals surface area contributed by atoms with E-state index in [1.165, 1.54) is 13.5 Å². The van der Waals surface area contributed by atoms with E-state index in [-0.39, 0.29) is 36.9 Å². The largest absolute Gasteiger partial charge is 0.467 e. The Bertz CT molecular complexity index is 324. The maximum Gasteiger partial charge on any atom is 0.328 e. The maximum atomic E-state index is 11.9. The van der Waals surface area contributed by atoms with E-state index in [1.54, 1.807) is 4.90 Å². The van der Waals surface area contributed by atoms with Crippen LogP contribution < -0.4 is 5.73 Å². The fourth-order valence-electron chi connectivity index (χ4n) is 3.27. The van der Waals surface area contributed by atoms with Crippen LogP contribution in [0, 0.1) is 5.92 Å². The number of carbonyl (C=O) groups excluding carboxylic acids is 2. The molecule has 2 fully saturated rings. The molecule has 2 aliphatic rings. The highest BCUT2D eigenvalue weighted by Gasteiger charge is 2.47. The van der Waals surface area contributed by atoms with Gasteiger partial charge < -0.3 is 15.4 Å². The Hall–Kier alpha value is -0.810. The van der Waals surface area contributed by atoms with Gasteiger partial charge >= 0.3 is 5.97 Å². The maximum absolute atomic E-state index is 11.9. The molecule has 104 valence electrons. The number of carbonyl (C=O) groups is 2. The van der Waals surface area contributed by atoms with Gasteiger partial charge in [0.05, 0.1) is 13.7 Å². The summed E-state index contributed by atoms with van der Waals surface area (Å²) in [5.74, 6) is 0.0133. The van der Waals surface area contributed by atoms with E-state index in [0.717, 1.165) is 25.7 Å². The molecule has 1 aliphatic heterocycles. The van der Waals surface area contributed by atoms with Crippen molar-refractivity contribution in [1.82, 2.24) is 4.90 Å². The summed E-state index contributed by atoms with van der Waals surface area (Å²) in [6, 6.07) is -0.215. The average molecular weight is 277 g/mol. The normalized spacial score (nSPS) is 30.3. The van der Waals surface area contributed by atoms with Crippen molar-refractivity contribution in [1.29, 1.82) is 0 Å². The Labute approximate surface area is 113 Å². The van der Waals surface area contributed by atoms with E-state index >= 15 is 0 Å². The number of nitrogens with zero attached hydrogens (tertiary/aromatic N) is 1. The molecule has 0 spiro atoms. The van der Waals surface area contributed by atoms with Gasteiger partial charge in [-0.05, 0) is 25.2 Å². The summed E-state index contributed by atoms with van der Waals surface area (Å²) in [7, 11) is 1.37. The van der Waals surface area contributed by atoms with E-state index in [4.69, 9.17) is 10.5 Å². The van der Waals surface area contributed by atoms with E-state index < -0.39 is 6.04 Å². The first kappa shape index (κ1) is 15.2. The summed E-state index contributed by atoms with van der Waals surface area (Å²) in [6.45, 7) is -0.0310. The molecule has 1 amide bonds. The molecule has 2 rings (SSSR count). The molecule has 18 heavy (non-hydrogen) atoms. The lowest BCUT2D eigenvalue weighted by molar-refractivity contribution is -0.151. The van der Waals surface area contributed by atoms with Crippen LogP contribution in [-0.2, 0) is 14.3 Å². The summed E-state index contributed by atoms with van der Waals surface area (Å²) in [5.41, 5.74) is 5.43. The lowest BCUT2D eigenvalue weighted by atomic mass is 9.85. The van der Waals surface area contributed by atoms with Gasteiger partial charge in [0.1, 0.15) is 6.04 Å². The molecule has 1 saturated carbocycles. The number of esters is 1. The van der Waals surface area contributed by atoms with Gasteiger partial charge in [-0.25, -0.2) is 4.79 Å². The third-order valence-electron chi connectivity index (χ3n) is 4.02. The zero-order chi connectivity index (χ0) is 12.4. The van der Waals surface area contributed by atoms with Gasteiger partial charge in [-0.2, -0.15) is 0 Å². The van der Waals surface area contributed by atoms with Crippen LogP contribution in [0.4, 0.5) is 0 Å². The second-order valence-corrected chi connectivity index (χ2v) is 4.89. The monoisotopic (exact) mass is 276 g/mol. The molecule has 0 aromatic rings. The SMILES string of the molecule is COC(=O)[C@@H]1C[C@@H]2CCCC[C@@H]2N1C(=O)CN.Cl. The number of rotatable bonds is 2. The zero-order valence-electron chi connectivity index (χ0n) is 10.6. The quantitative estimate of drug-likeness (QED) is 0.754. The van der Waals surface area contributed by atoms with Crippen LogP contribution >= 0.6 is 12.4 Å². The van der Waals surface area contributed by atoms with Crippen molar-refractivity contribution in [3.63, 3.8) is 0 Å². The van der Waals surface area contributed by atoms with Gasteiger partial charge in [0, 0.05) is 6.04 Å². The van der Waals surface area contributed by atoms with E-state index in [0.29, 0.717) is 5.92 Å². The topological polar surface area (TPSA) is 72.6 Å². The van der Waals surface area contributed by atoms with Gasteiger partial charge in [-0.3, -0.25) is 4.79 Å². The van der Waals surface area contributed by atoms with E-state index in [9.17, 15) is 9.59 Å². The molecule has 5 nitrogen and oxygen atoms in total. The molecular formula is C12H21ClN2O3. The van der Waals surface area contributed by atoms with Gasteiger partial charge in [0.25, 0.3) is 0 Å². The van der Waals surface area contributed by atoms with Crippen LogP contribution in [0.5, 0.6) is 0 Å². The Morgan fingerprint density at radius 1 is 1.33 bits per heavy atom. The van der Waals surface area contributed by atoms with Crippen LogP contribution in [0.3, 0.4) is 0 Å². The van der Waals surface area contributed by atoms with Crippen LogP contribution in [0.15, 0.2) is 0 Å². The average Bonchev–Trinajstić information content (AvgIpc) is 2.76. The van der Waals surface area contributed by atoms with Gasteiger partial charge in [0.15, 0.2) is 0 Å². The number of ether oxygens (including phenoxy) is 1. The fraction of sp³-hybridized carbons (Fsp3) is 0.833. The highest BCUT2D eigenvalue weighted by Crippen LogP contribution is 2.39. The van der Waals surface area contributed by atoms with Gasteiger partial charge in [-0.15, -0.1) is 12.4 Å². The third kappa shape index (κ3) is 2.62. The first-order valence-electron chi connectivity index (χ1n) is 6.28. The van der Waals surface area contributed by atoms with Crippen LogP contribution in [-0.4, -0.2) is 42.5 Å². The lowest BCUT2D eigenvalue weighted by Crippen LogP contribution is -2.48. The van der Waals surface area contributed by atoms with Gasteiger partial charge in [0.2, 0.25) is 5.91 Å². The Kier molecular flexibility index (Phi) is 5.41. The minimum atomic E-state index is -0.413.